The molecule has 2 rings (SSSR count). The molecular formula is C15H25N5O2. The van der Waals surface area contributed by atoms with Crippen molar-refractivity contribution in [3.8, 4) is 0 Å². The molecule has 2 amide bonds. The maximum Gasteiger partial charge on any atom is 0.274 e. The molecule has 1 atom stereocenters. The fourth-order valence-corrected chi connectivity index (χ4v) is 2.62. The average molecular weight is 307 g/mol. The summed E-state index contributed by atoms with van der Waals surface area (Å²) in [4.78, 5) is 26.3. The normalized spacial score (nSPS) is 18.5. The van der Waals surface area contributed by atoms with Gasteiger partial charge in [0.15, 0.2) is 0 Å². The van der Waals surface area contributed by atoms with Gasteiger partial charge in [-0.05, 0) is 24.8 Å². The highest BCUT2D eigenvalue weighted by Crippen LogP contribution is 2.19. The van der Waals surface area contributed by atoms with Crippen molar-refractivity contribution in [1.82, 2.24) is 20.4 Å². The molecule has 4 N–H and O–H groups in total. The van der Waals surface area contributed by atoms with Gasteiger partial charge in [-0.25, -0.2) is 0 Å². The van der Waals surface area contributed by atoms with Gasteiger partial charge < -0.3 is 16.0 Å². The number of piperidine rings is 1. The minimum atomic E-state index is -0.159. The standard InChI is InChI=1S/C15H25N5O2/c1-10(2)12-8-13(19-18-12)15(22)20-7-3-4-11(9-20)14(21)17-6-5-16/h8,10-11H,3-7,9,16H2,1-2H3,(H,17,21)(H,18,19). The summed E-state index contributed by atoms with van der Waals surface area (Å²) in [6.07, 6.45) is 1.63. The highest BCUT2D eigenvalue weighted by atomic mass is 16.2. The molecule has 1 aromatic rings. The van der Waals surface area contributed by atoms with Gasteiger partial charge in [0, 0.05) is 31.9 Å². The predicted molar refractivity (Wildman–Crippen MR) is 83.4 cm³/mol. The number of carbonyl (C=O) groups excluding carboxylic acids is 2. The van der Waals surface area contributed by atoms with E-state index in [-0.39, 0.29) is 17.7 Å². The second-order valence-electron chi connectivity index (χ2n) is 6.03. The first-order valence-electron chi connectivity index (χ1n) is 7.85. The van der Waals surface area contributed by atoms with Crippen molar-refractivity contribution in [2.45, 2.75) is 32.6 Å². The first kappa shape index (κ1) is 16.5. The van der Waals surface area contributed by atoms with E-state index in [1.165, 1.54) is 0 Å². The van der Waals surface area contributed by atoms with Gasteiger partial charge in [0.1, 0.15) is 5.69 Å². The highest BCUT2D eigenvalue weighted by molar-refractivity contribution is 5.93. The number of nitrogens with two attached hydrogens (primary N) is 1. The van der Waals surface area contributed by atoms with Crippen LogP contribution in [0, 0.1) is 5.92 Å². The van der Waals surface area contributed by atoms with Crippen LogP contribution in [0.2, 0.25) is 0 Å². The Morgan fingerprint density at radius 2 is 2.32 bits per heavy atom. The molecule has 1 aliphatic heterocycles. The Labute approximate surface area is 130 Å². The van der Waals surface area contributed by atoms with Crippen molar-refractivity contribution in [3.05, 3.63) is 17.5 Å². The lowest BCUT2D eigenvalue weighted by molar-refractivity contribution is -0.126. The van der Waals surface area contributed by atoms with E-state index in [0.29, 0.717) is 37.8 Å². The molecule has 1 aliphatic rings. The number of hydrogen-bond acceptors (Lipinski definition) is 4. The summed E-state index contributed by atoms with van der Waals surface area (Å²) in [5.41, 5.74) is 6.76. The van der Waals surface area contributed by atoms with Crippen LogP contribution in [-0.4, -0.2) is 53.1 Å². The summed E-state index contributed by atoms with van der Waals surface area (Å²) in [6.45, 7) is 6.09. The molecule has 2 heterocycles. The minimum Gasteiger partial charge on any atom is -0.355 e. The van der Waals surface area contributed by atoms with Crippen molar-refractivity contribution in [3.63, 3.8) is 0 Å². The van der Waals surface area contributed by atoms with E-state index in [9.17, 15) is 9.59 Å². The Hall–Kier alpha value is -1.89. The third-order valence-corrected chi connectivity index (χ3v) is 3.96. The number of nitrogens with one attached hydrogen (secondary N) is 2. The van der Waals surface area contributed by atoms with Crippen molar-refractivity contribution in [2.24, 2.45) is 11.7 Å². The molecule has 0 spiro atoms. The quantitative estimate of drug-likeness (QED) is 0.735. The summed E-state index contributed by atoms with van der Waals surface area (Å²) in [6, 6.07) is 1.80. The van der Waals surface area contributed by atoms with Gasteiger partial charge in [0.2, 0.25) is 5.91 Å². The third kappa shape index (κ3) is 3.85. The minimum absolute atomic E-state index is 0.0205. The van der Waals surface area contributed by atoms with Gasteiger partial charge in [-0.15, -0.1) is 0 Å². The van der Waals surface area contributed by atoms with E-state index >= 15 is 0 Å². The van der Waals surface area contributed by atoms with E-state index < -0.39 is 0 Å². The fraction of sp³-hybridized carbons (Fsp3) is 0.667. The molecule has 0 aliphatic carbocycles. The zero-order chi connectivity index (χ0) is 16.1. The second-order valence-corrected chi connectivity index (χ2v) is 6.03. The summed E-state index contributed by atoms with van der Waals surface area (Å²) < 4.78 is 0. The number of nitrogens with zero attached hydrogens (tertiary/aromatic N) is 2. The molecule has 1 unspecified atom stereocenters. The topological polar surface area (TPSA) is 104 Å². The number of H-pyrrole nitrogens is 1. The van der Waals surface area contributed by atoms with Crippen molar-refractivity contribution in [1.29, 1.82) is 0 Å². The molecule has 1 aromatic heterocycles. The Bertz CT molecular complexity index is 526. The van der Waals surface area contributed by atoms with Crippen LogP contribution in [0.25, 0.3) is 0 Å². The van der Waals surface area contributed by atoms with Gasteiger partial charge in [-0.1, -0.05) is 13.8 Å². The molecule has 0 bridgehead atoms. The molecule has 7 nitrogen and oxygen atoms in total. The van der Waals surface area contributed by atoms with E-state index in [0.717, 1.165) is 18.5 Å². The van der Waals surface area contributed by atoms with Crippen LogP contribution >= 0.6 is 0 Å². The summed E-state index contributed by atoms with van der Waals surface area (Å²) in [5, 5.41) is 9.79. The fourth-order valence-electron chi connectivity index (χ4n) is 2.62. The van der Waals surface area contributed by atoms with Crippen LogP contribution in [-0.2, 0) is 4.79 Å². The largest absolute Gasteiger partial charge is 0.355 e. The molecular weight excluding hydrogens is 282 g/mol. The Kier molecular flexibility index (Phi) is 5.54. The Morgan fingerprint density at radius 3 is 2.95 bits per heavy atom. The average Bonchev–Trinajstić information content (AvgIpc) is 3.02. The number of aromatic nitrogens is 2. The van der Waals surface area contributed by atoms with Gasteiger partial charge in [0.25, 0.3) is 5.91 Å². The number of aromatic amines is 1. The maximum absolute atomic E-state index is 12.5. The van der Waals surface area contributed by atoms with Gasteiger partial charge in [0.05, 0.1) is 5.92 Å². The lowest BCUT2D eigenvalue weighted by atomic mass is 9.97. The number of rotatable bonds is 5. The van der Waals surface area contributed by atoms with Gasteiger partial charge in [-0.3, -0.25) is 14.7 Å². The van der Waals surface area contributed by atoms with Crippen LogP contribution in [0.4, 0.5) is 0 Å². The molecule has 0 saturated carbocycles. The van der Waals surface area contributed by atoms with Crippen LogP contribution < -0.4 is 11.1 Å². The smallest absolute Gasteiger partial charge is 0.274 e. The maximum atomic E-state index is 12.5. The second kappa shape index (κ2) is 7.40. The summed E-state index contributed by atoms with van der Waals surface area (Å²) >= 11 is 0. The summed E-state index contributed by atoms with van der Waals surface area (Å²) in [5.74, 6) is 0.00489. The summed E-state index contributed by atoms with van der Waals surface area (Å²) in [7, 11) is 0. The molecule has 0 aromatic carbocycles. The monoisotopic (exact) mass is 307 g/mol. The highest BCUT2D eigenvalue weighted by Gasteiger charge is 2.29. The lowest BCUT2D eigenvalue weighted by Gasteiger charge is -2.31. The van der Waals surface area contributed by atoms with Crippen molar-refractivity contribution < 1.29 is 9.59 Å². The number of amides is 2. The predicted octanol–water partition coefficient (Wildman–Crippen LogP) is 0.460. The number of likely N-dealkylation sites (tertiary alicyclic amines) is 1. The number of hydrogen-bond donors (Lipinski definition) is 3. The molecule has 122 valence electrons. The van der Waals surface area contributed by atoms with E-state index in [1.807, 2.05) is 13.8 Å². The van der Waals surface area contributed by atoms with Crippen LogP contribution in [0.1, 0.15) is 48.8 Å². The molecule has 22 heavy (non-hydrogen) atoms. The zero-order valence-electron chi connectivity index (χ0n) is 13.3. The van der Waals surface area contributed by atoms with Crippen molar-refractivity contribution in [2.75, 3.05) is 26.2 Å². The first-order chi connectivity index (χ1) is 10.5. The Morgan fingerprint density at radius 1 is 1.55 bits per heavy atom. The zero-order valence-corrected chi connectivity index (χ0v) is 13.3. The van der Waals surface area contributed by atoms with E-state index in [2.05, 4.69) is 15.5 Å². The third-order valence-electron chi connectivity index (χ3n) is 3.96. The Balaban J connectivity index is 1.98. The van der Waals surface area contributed by atoms with Crippen molar-refractivity contribution >= 4 is 11.8 Å². The lowest BCUT2D eigenvalue weighted by Crippen LogP contribution is -2.46. The molecule has 0 radical (unpaired) electrons. The van der Waals surface area contributed by atoms with Crippen LogP contribution in [0.3, 0.4) is 0 Å². The molecule has 1 fully saturated rings. The first-order valence-corrected chi connectivity index (χ1v) is 7.85. The molecule has 7 heteroatoms. The van der Waals surface area contributed by atoms with Gasteiger partial charge >= 0.3 is 0 Å². The van der Waals surface area contributed by atoms with Gasteiger partial charge in [-0.2, -0.15) is 5.10 Å². The van der Waals surface area contributed by atoms with Crippen LogP contribution in [0.5, 0.6) is 0 Å². The number of carbonyl (C=O) groups is 2. The molecule has 1 saturated heterocycles. The SMILES string of the molecule is CC(C)c1cc(C(=O)N2CCCC(C(=O)NCCN)C2)n[nH]1. The van der Waals surface area contributed by atoms with Crippen LogP contribution in [0.15, 0.2) is 6.07 Å². The van der Waals surface area contributed by atoms with E-state index in [1.54, 1.807) is 11.0 Å². The van der Waals surface area contributed by atoms with E-state index in [4.69, 9.17) is 5.73 Å².